The maximum absolute atomic E-state index is 5.91. The van der Waals surface area contributed by atoms with Crippen molar-refractivity contribution in [1.29, 1.82) is 0 Å². The van der Waals surface area contributed by atoms with E-state index in [1.165, 1.54) is 29.5 Å². The van der Waals surface area contributed by atoms with E-state index in [0.29, 0.717) is 0 Å². The fourth-order valence-electron chi connectivity index (χ4n) is 3.36. The number of rotatable bonds is 9. The highest BCUT2D eigenvalue weighted by Crippen LogP contribution is 2.15. The van der Waals surface area contributed by atoms with Crippen LogP contribution < -0.4 is 10.1 Å². The lowest BCUT2D eigenvalue weighted by Gasteiger charge is -2.27. The van der Waals surface area contributed by atoms with Gasteiger partial charge in [0.25, 0.3) is 0 Å². The summed E-state index contributed by atoms with van der Waals surface area (Å²) in [5.41, 5.74) is 4.15. The normalized spacial score (nSPS) is 15.1. The minimum Gasteiger partial charge on any atom is -0.493 e. The van der Waals surface area contributed by atoms with E-state index in [-0.39, 0.29) is 0 Å². The van der Waals surface area contributed by atoms with Crippen molar-refractivity contribution >= 4 is 0 Å². The highest BCUT2D eigenvalue weighted by Gasteiger charge is 2.09. The Bertz CT molecular complexity index is 630. The summed E-state index contributed by atoms with van der Waals surface area (Å²) < 4.78 is 5.91. The first-order chi connectivity index (χ1) is 12.8. The van der Waals surface area contributed by atoms with E-state index in [0.717, 1.165) is 57.9 Å². The average molecular weight is 353 g/mol. The zero-order valence-electron chi connectivity index (χ0n) is 16.0. The Morgan fingerprint density at radius 3 is 2.15 bits per heavy atom. The van der Waals surface area contributed by atoms with Gasteiger partial charge in [-0.25, -0.2) is 0 Å². The van der Waals surface area contributed by atoms with E-state index < -0.39 is 0 Å². The van der Waals surface area contributed by atoms with Gasteiger partial charge >= 0.3 is 0 Å². The summed E-state index contributed by atoms with van der Waals surface area (Å²) in [5, 5.41) is 3.40. The summed E-state index contributed by atoms with van der Waals surface area (Å²) in [6, 6.07) is 17.6. The van der Waals surface area contributed by atoms with Gasteiger partial charge in [0.05, 0.1) is 6.61 Å². The summed E-state index contributed by atoms with van der Waals surface area (Å²) >= 11 is 0. The molecule has 3 rings (SSSR count). The number of hydrogen-bond donors (Lipinski definition) is 1. The Labute approximate surface area is 158 Å². The van der Waals surface area contributed by atoms with Crippen LogP contribution in [0, 0.1) is 0 Å². The fourth-order valence-corrected chi connectivity index (χ4v) is 3.36. The van der Waals surface area contributed by atoms with Gasteiger partial charge < -0.3 is 10.1 Å². The van der Waals surface area contributed by atoms with Crippen molar-refractivity contribution in [2.45, 2.75) is 39.2 Å². The first-order valence-corrected chi connectivity index (χ1v) is 10.1. The number of nitrogens with zero attached hydrogens (tertiary/aromatic N) is 1. The third kappa shape index (κ3) is 6.15. The van der Waals surface area contributed by atoms with Crippen molar-refractivity contribution in [2.75, 3.05) is 32.8 Å². The maximum atomic E-state index is 5.91. The second kappa shape index (κ2) is 10.3. The van der Waals surface area contributed by atoms with E-state index in [4.69, 9.17) is 4.74 Å². The molecule has 1 saturated heterocycles. The summed E-state index contributed by atoms with van der Waals surface area (Å²) in [4.78, 5) is 2.51. The molecule has 2 aromatic carbocycles. The molecule has 0 aromatic heterocycles. The molecule has 2 aromatic rings. The number of piperazine rings is 1. The molecule has 0 atom stereocenters. The van der Waals surface area contributed by atoms with Crippen LogP contribution in [0.15, 0.2) is 48.5 Å². The number of ether oxygens (including phenoxy) is 1. The molecule has 3 nitrogen and oxygen atoms in total. The lowest BCUT2D eigenvalue weighted by molar-refractivity contribution is 0.233. The van der Waals surface area contributed by atoms with Crippen LogP contribution >= 0.6 is 0 Å². The van der Waals surface area contributed by atoms with Crippen molar-refractivity contribution in [3.05, 3.63) is 65.2 Å². The second-order valence-electron chi connectivity index (χ2n) is 7.19. The Morgan fingerprint density at radius 1 is 0.846 bits per heavy atom. The fraction of sp³-hybridized carbons (Fsp3) is 0.478. The van der Waals surface area contributed by atoms with Crippen LogP contribution in [0.25, 0.3) is 0 Å². The molecule has 0 amide bonds. The quantitative estimate of drug-likeness (QED) is 0.737. The van der Waals surface area contributed by atoms with Gasteiger partial charge in [0.2, 0.25) is 0 Å². The largest absolute Gasteiger partial charge is 0.493 e. The highest BCUT2D eigenvalue weighted by atomic mass is 16.5. The first-order valence-electron chi connectivity index (χ1n) is 10.1. The number of nitrogens with one attached hydrogen (secondary N) is 1. The molecule has 1 aliphatic rings. The van der Waals surface area contributed by atoms with Crippen molar-refractivity contribution in [3.63, 3.8) is 0 Å². The van der Waals surface area contributed by atoms with Crippen LogP contribution in [-0.2, 0) is 19.4 Å². The summed E-state index contributed by atoms with van der Waals surface area (Å²) in [5.74, 6) is 0.973. The standard InChI is InChI=1S/C23H32N2O/c1-2-3-4-20-9-11-23(12-10-20)26-18-13-21-5-7-22(8-6-21)19-25-16-14-24-15-17-25/h5-12,24H,2-4,13-19H2,1H3. The smallest absolute Gasteiger partial charge is 0.119 e. The lowest BCUT2D eigenvalue weighted by atomic mass is 10.1. The van der Waals surface area contributed by atoms with E-state index in [2.05, 4.69) is 65.7 Å². The monoisotopic (exact) mass is 352 g/mol. The van der Waals surface area contributed by atoms with Gasteiger partial charge in [-0.2, -0.15) is 0 Å². The summed E-state index contributed by atoms with van der Waals surface area (Å²) in [7, 11) is 0. The number of benzene rings is 2. The van der Waals surface area contributed by atoms with E-state index in [9.17, 15) is 0 Å². The van der Waals surface area contributed by atoms with E-state index in [1.807, 2.05) is 0 Å². The third-order valence-electron chi connectivity index (χ3n) is 5.04. The zero-order valence-corrected chi connectivity index (χ0v) is 16.0. The molecule has 3 heteroatoms. The Balaban J connectivity index is 1.40. The molecule has 0 saturated carbocycles. The second-order valence-corrected chi connectivity index (χ2v) is 7.19. The molecular weight excluding hydrogens is 320 g/mol. The molecule has 1 aliphatic heterocycles. The molecule has 0 unspecified atom stereocenters. The van der Waals surface area contributed by atoms with Gasteiger partial charge in [-0.05, 0) is 41.7 Å². The van der Waals surface area contributed by atoms with Gasteiger partial charge in [-0.3, -0.25) is 4.90 Å². The predicted octanol–water partition coefficient (Wildman–Crippen LogP) is 4.06. The Morgan fingerprint density at radius 2 is 1.46 bits per heavy atom. The molecule has 1 heterocycles. The molecule has 0 radical (unpaired) electrons. The third-order valence-corrected chi connectivity index (χ3v) is 5.04. The summed E-state index contributed by atoms with van der Waals surface area (Å²) in [6.07, 6.45) is 4.61. The number of unbranched alkanes of at least 4 members (excludes halogenated alkanes) is 1. The van der Waals surface area contributed by atoms with Gasteiger partial charge in [0.1, 0.15) is 5.75 Å². The van der Waals surface area contributed by atoms with Crippen molar-refractivity contribution in [2.24, 2.45) is 0 Å². The predicted molar refractivity (Wildman–Crippen MR) is 109 cm³/mol. The van der Waals surface area contributed by atoms with Crippen LogP contribution in [-0.4, -0.2) is 37.7 Å². The molecule has 26 heavy (non-hydrogen) atoms. The van der Waals surface area contributed by atoms with Crippen LogP contribution in [0.1, 0.15) is 36.5 Å². The van der Waals surface area contributed by atoms with Gasteiger partial charge in [-0.15, -0.1) is 0 Å². The Hall–Kier alpha value is -1.84. The highest BCUT2D eigenvalue weighted by molar-refractivity contribution is 5.27. The molecule has 0 spiro atoms. The van der Waals surface area contributed by atoms with Crippen molar-refractivity contribution in [3.8, 4) is 5.75 Å². The minimum atomic E-state index is 0.728. The van der Waals surface area contributed by atoms with Gasteiger partial charge in [-0.1, -0.05) is 49.7 Å². The van der Waals surface area contributed by atoms with Gasteiger partial charge in [0, 0.05) is 39.1 Å². The van der Waals surface area contributed by atoms with Crippen LogP contribution in [0.3, 0.4) is 0 Å². The topological polar surface area (TPSA) is 24.5 Å². The Kier molecular flexibility index (Phi) is 7.53. The zero-order chi connectivity index (χ0) is 18.0. The van der Waals surface area contributed by atoms with Crippen molar-refractivity contribution < 1.29 is 4.74 Å². The molecular formula is C23H32N2O. The molecule has 1 fully saturated rings. The summed E-state index contributed by atoms with van der Waals surface area (Å²) in [6.45, 7) is 8.52. The first kappa shape index (κ1) is 18.9. The minimum absolute atomic E-state index is 0.728. The van der Waals surface area contributed by atoms with E-state index in [1.54, 1.807) is 0 Å². The maximum Gasteiger partial charge on any atom is 0.119 e. The molecule has 140 valence electrons. The van der Waals surface area contributed by atoms with Crippen LogP contribution in [0.2, 0.25) is 0 Å². The molecule has 1 N–H and O–H groups in total. The molecule has 0 aliphatic carbocycles. The SMILES string of the molecule is CCCCc1ccc(OCCc2ccc(CN3CCNCC3)cc2)cc1. The van der Waals surface area contributed by atoms with Gasteiger partial charge in [0.15, 0.2) is 0 Å². The average Bonchev–Trinajstić information content (AvgIpc) is 2.69. The van der Waals surface area contributed by atoms with E-state index >= 15 is 0 Å². The van der Waals surface area contributed by atoms with Crippen molar-refractivity contribution in [1.82, 2.24) is 10.2 Å². The van der Waals surface area contributed by atoms with Crippen LogP contribution in [0.4, 0.5) is 0 Å². The number of aryl methyl sites for hydroxylation is 1. The van der Waals surface area contributed by atoms with Crippen LogP contribution in [0.5, 0.6) is 5.75 Å². The lowest BCUT2D eigenvalue weighted by Crippen LogP contribution is -2.42. The number of hydrogen-bond acceptors (Lipinski definition) is 3. The molecule has 0 bridgehead atoms.